The van der Waals surface area contributed by atoms with Crippen LogP contribution in [-0.4, -0.2) is 29.2 Å². The molecule has 0 aromatic rings. The highest BCUT2D eigenvalue weighted by atomic mass is 32.1. The standard InChI is InChI=1S/C6H12O2S/c1-4-6(9)2-5(3-7)8-4/h4-7,9H,2-3H2,1H3/t4?,5-,6?/m0/s1. The van der Waals surface area contributed by atoms with Crippen LogP contribution < -0.4 is 0 Å². The summed E-state index contributed by atoms with van der Waals surface area (Å²) in [5.41, 5.74) is 0. The van der Waals surface area contributed by atoms with Gasteiger partial charge in [-0.25, -0.2) is 0 Å². The second kappa shape index (κ2) is 2.90. The van der Waals surface area contributed by atoms with Crippen LogP contribution in [0.5, 0.6) is 0 Å². The first-order valence-corrected chi connectivity index (χ1v) is 3.70. The van der Waals surface area contributed by atoms with Crippen LogP contribution in [0.1, 0.15) is 13.3 Å². The van der Waals surface area contributed by atoms with E-state index in [4.69, 9.17) is 9.84 Å². The van der Waals surface area contributed by atoms with Crippen molar-refractivity contribution >= 4 is 12.6 Å². The molecule has 1 aliphatic rings. The summed E-state index contributed by atoms with van der Waals surface area (Å²) in [6, 6.07) is 0. The Morgan fingerprint density at radius 3 is 2.67 bits per heavy atom. The molecule has 1 aliphatic heterocycles. The highest BCUT2D eigenvalue weighted by molar-refractivity contribution is 7.81. The second-order valence-corrected chi connectivity index (χ2v) is 3.11. The lowest BCUT2D eigenvalue weighted by Crippen LogP contribution is -2.12. The summed E-state index contributed by atoms with van der Waals surface area (Å²) in [4.78, 5) is 0. The molecule has 1 saturated heterocycles. The van der Waals surface area contributed by atoms with Gasteiger partial charge in [0.05, 0.1) is 18.8 Å². The van der Waals surface area contributed by atoms with E-state index in [1.54, 1.807) is 0 Å². The largest absolute Gasteiger partial charge is 0.394 e. The number of thiol groups is 1. The third-order valence-corrected chi connectivity index (χ3v) is 2.29. The van der Waals surface area contributed by atoms with Gasteiger partial charge < -0.3 is 9.84 Å². The molecule has 3 atom stereocenters. The van der Waals surface area contributed by atoms with E-state index < -0.39 is 0 Å². The van der Waals surface area contributed by atoms with Crippen LogP contribution in [0, 0.1) is 0 Å². The van der Waals surface area contributed by atoms with E-state index in [1.165, 1.54) is 0 Å². The van der Waals surface area contributed by atoms with Gasteiger partial charge in [-0.1, -0.05) is 0 Å². The molecule has 0 aromatic heterocycles. The SMILES string of the molecule is CC1O[C@H](CO)CC1S. The molecule has 0 saturated carbocycles. The molecular weight excluding hydrogens is 136 g/mol. The Bertz CT molecular complexity index is 87.1. The molecule has 0 aromatic carbocycles. The average Bonchev–Trinajstić information content (AvgIpc) is 2.13. The van der Waals surface area contributed by atoms with Gasteiger partial charge in [-0.3, -0.25) is 0 Å². The van der Waals surface area contributed by atoms with E-state index in [-0.39, 0.29) is 18.8 Å². The fourth-order valence-corrected chi connectivity index (χ4v) is 1.33. The average molecular weight is 148 g/mol. The van der Waals surface area contributed by atoms with E-state index in [0.717, 1.165) is 6.42 Å². The quantitative estimate of drug-likeness (QED) is 0.529. The first kappa shape index (κ1) is 7.38. The van der Waals surface area contributed by atoms with Crippen molar-refractivity contribution in [2.24, 2.45) is 0 Å². The summed E-state index contributed by atoms with van der Waals surface area (Å²) in [6.07, 6.45) is 1.11. The van der Waals surface area contributed by atoms with Gasteiger partial charge in [0.15, 0.2) is 0 Å². The van der Waals surface area contributed by atoms with Crippen molar-refractivity contribution in [3.8, 4) is 0 Å². The predicted octanol–water partition coefficient (Wildman–Crippen LogP) is 0.454. The summed E-state index contributed by atoms with van der Waals surface area (Å²) in [6.45, 7) is 2.11. The lowest BCUT2D eigenvalue weighted by atomic mass is 10.2. The Kier molecular flexibility index (Phi) is 2.38. The number of ether oxygens (including phenoxy) is 1. The van der Waals surface area contributed by atoms with Crippen LogP contribution in [0.4, 0.5) is 0 Å². The molecule has 9 heavy (non-hydrogen) atoms. The molecule has 0 amide bonds. The maximum atomic E-state index is 8.64. The monoisotopic (exact) mass is 148 g/mol. The molecule has 1 fully saturated rings. The van der Waals surface area contributed by atoms with Gasteiger partial charge in [-0.2, -0.15) is 12.6 Å². The minimum absolute atomic E-state index is 0.0301. The third-order valence-electron chi connectivity index (χ3n) is 1.66. The van der Waals surface area contributed by atoms with Crippen LogP contribution in [0.15, 0.2) is 0 Å². The van der Waals surface area contributed by atoms with Crippen molar-refractivity contribution in [3.63, 3.8) is 0 Å². The molecule has 2 nitrogen and oxygen atoms in total. The first-order chi connectivity index (χ1) is 4.24. The molecule has 0 spiro atoms. The van der Waals surface area contributed by atoms with Crippen molar-refractivity contribution in [3.05, 3.63) is 0 Å². The number of aliphatic hydroxyl groups is 1. The van der Waals surface area contributed by atoms with E-state index in [0.29, 0.717) is 5.25 Å². The summed E-state index contributed by atoms with van der Waals surface area (Å²) in [5.74, 6) is 0. The smallest absolute Gasteiger partial charge is 0.0821 e. The third kappa shape index (κ3) is 1.60. The fraction of sp³-hybridized carbons (Fsp3) is 1.00. The molecule has 1 heterocycles. The first-order valence-electron chi connectivity index (χ1n) is 3.18. The summed E-state index contributed by atoms with van der Waals surface area (Å²) in [5, 5.41) is 8.95. The van der Waals surface area contributed by atoms with Crippen molar-refractivity contribution in [2.45, 2.75) is 30.8 Å². The van der Waals surface area contributed by atoms with E-state index in [9.17, 15) is 0 Å². The molecule has 3 heteroatoms. The summed E-state index contributed by atoms with van der Waals surface area (Å²) in [7, 11) is 0. The topological polar surface area (TPSA) is 29.5 Å². The van der Waals surface area contributed by atoms with E-state index >= 15 is 0 Å². The summed E-state index contributed by atoms with van der Waals surface area (Å²) >= 11 is 4.26. The predicted molar refractivity (Wildman–Crippen MR) is 38.8 cm³/mol. The van der Waals surface area contributed by atoms with Crippen LogP contribution in [0.2, 0.25) is 0 Å². The number of aliphatic hydroxyl groups excluding tert-OH is 1. The lowest BCUT2D eigenvalue weighted by molar-refractivity contribution is 0.0205. The van der Waals surface area contributed by atoms with E-state index in [2.05, 4.69) is 12.6 Å². The molecule has 2 unspecified atom stereocenters. The highest BCUT2D eigenvalue weighted by Crippen LogP contribution is 2.23. The van der Waals surface area contributed by atoms with E-state index in [1.807, 2.05) is 6.92 Å². The van der Waals surface area contributed by atoms with Gasteiger partial charge in [0.2, 0.25) is 0 Å². The number of hydrogen-bond acceptors (Lipinski definition) is 3. The maximum Gasteiger partial charge on any atom is 0.0821 e. The highest BCUT2D eigenvalue weighted by Gasteiger charge is 2.28. The summed E-state index contributed by atoms with van der Waals surface area (Å²) < 4.78 is 5.30. The van der Waals surface area contributed by atoms with Crippen molar-refractivity contribution in [2.75, 3.05) is 6.61 Å². The molecule has 1 rings (SSSR count). The van der Waals surface area contributed by atoms with Crippen LogP contribution in [0.25, 0.3) is 0 Å². The molecule has 0 bridgehead atoms. The zero-order valence-electron chi connectivity index (χ0n) is 5.45. The van der Waals surface area contributed by atoms with Gasteiger partial charge in [-0.05, 0) is 13.3 Å². The maximum absolute atomic E-state index is 8.64. The molecular formula is C6H12O2S. The minimum atomic E-state index is 0.0301. The minimum Gasteiger partial charge on any atom is -0.394 e. The second-order valence-electron chi connectivity index (χ2n) is 2.45. The fourth-order valence-electron chi connectivity index (χ4n) is 1.03. The van der Waals surface area contributed by atoms with Crippen LogP contribution in [0.3, 0.4) is 0 Å². The van der Waals surface area contributed by atoms with Gasteiger partial charge in [0, 0.05) is 5.25 Å². The molecule has 0 radical (unpaired) electrons. The van der Waals surface area contributed by atoms with Crippen LogP contribution >= 0.6 is 12.6 Å². The Labute approximate surface area is 60.6 Å². The molecule has 1 N–H and O–H groups in total. The Balaban J connectivity index is 2.35. The van der Waals surface area contributed by atoms with Gasteiger partial charge in [0.25, 0.3) is 0 Å². The van der Waals surface area contributed by atoms with Crippen molar-refractivity contribution in [1.82, 2.24) is 0 Å². The normalized spacial score (nSPS) is 43.7. The number of rotatable bonds is 1. The number of hydrogen-bond donors (Lipinski definition) is 2. The zero-order chi connectivity index (χ0) is 6.85. The molecule has 0 aliphatic carbocycles. The van der Waals surface area contributed by atoms with Crippen molar-refractivity contribution < 1.29 is 9.84 Å². The van der Waals surface area contributed by atoms with Crippen LogP contribution in [-0.2, 0) is 4.74 Å². The van der Waals surface area contributed by atoms with Crippen molar-refractivity contribution in [1.29, 1.82) is 0 Å². The van der Waals surface area contributed by atoms with Gasteiger partial charge >= 0.3 is 0 Å². The Hall–Kier alpha value is 0.270. The Morgan fingerprint density at radius 1 is 1.78 bits per heavy atom. The molecule has 54 valence electrons. The Morgan fingerprint density at radius 2 is 2.44 bits per heavy atom. The van der Waals surface area contributed by atoms with Gasteiger partial charge in [-0.15, -0.1) is 0 Å². The van der Waals surface area contributed by atoms with Gasteiger partial charge in [0.1, 0.15) is 0 Å². The lowest BCUT2D eigenvalue weighted by Gasteiger charge is -2.06. The zero-order valence-corrected chi connectivity index (χ0v) is 6.34.